The van der Waals surface area contributed by atoms with Crippen molar-refractivity contribution in [2.45, 2.75) is 26.2 Å². The van der Waals surface area contributed by atoms with Crippen molar-refractivity contribution in [3.8, 4) is 28.6 Å². The lowest BCUT2D eigenvalue weighted by Crippen LogP contribution is -2.24. The normalized spacial score (nSPS) is 16.1. The average molecular weight is 553 g/mol. The van der Waals surface area contributed by atoms with E-state index in [9.17, 15) is 14.7 Å². The number of aromatic hydroxyl groups is 1. The molecule has 1 N–H and O–H groups in total. The Morgan fingerprint density at radius 3 is 2.76 bits per heavy atom. The summed E-state index contributed by atoms with van der Waals surface area (Å²) in [5, 5.41) is 11.5. The maximum absolute atomic E-state index is 13.2. The van der Waals surface area contributed by atoms with Gasteiger partial charge in [0.05, 0.1) is 37.0 Å². The van der Waals surface area contributed by atoms with Crippen LogP contribution >= 0.6 is 0 Å². The Morgan fingerprint density at radius 2 is 1.98 bits per heavy atom. The summed E-state index contributed by atoms with van der Waals surface area (Å²) in [6.45, 7) is 4.41. The second kappa shape index (κ2) is 10.5. The summed E-state index contributed by atoms with van der Waals surface area (Å²) in [4.78, 5) is 24.5. The average Bonchev–Trinajstić information content (AvgIpc) is 3.71. The van der Waals surface area contributed by atoms with Gasteiger partial charge in [0.1, 0.15) is 34.7 Å². The molecule has 0 fully saturated rings. The second-order valence-corrected chi connectivity index (χ2v) is 9.88. The van der Waals surface area contributed by atoms with Gasteiger partial charge in [-0.05, 0) is 73.0 Å². The van der Waals surface area contributed by atoms with Gasteiger partial charge in [-0.2, -0.15) is 0 Å². The zero-order valence-electron chi connectivity index (χ0n) is 22.9. The molecule has 0 amide bonds. The molecule has 0 spiro atoms. The number of benzene rings is 2. The highest BCUT2D eigenvalue weighted by atomic mass is 16.5. The van der Waals surface area contributed by atoms with Gasteiger partial charge in [0.25, 0.3) is 0 Å². The minimum atomic E-state index is -0.628. The van der Waals surface area contributed by atoms with Crippen LogP contribution in [-0.2, 0) is 16.0 Å². The van der Waals surface area contributed by atoms with Crippen molar-refractivity contribution < 1.29 is 37.7 Å². The van der Waals surface area contributed by atoms with E-state index in [2.05, 4.69) is 0 Å². The number of hydrogen-bond acceptors (Lipinski definition) is 8. The lowest BCUT2D eigenvalue weighted by Gasteiger charge is -2.24. The van der Waals surface area contributed by atoms with Crippen LogP contribution in [0.15, 0.2) is 68.5 Å². The molecule has 0 radical (unpaired) electrons. The summed E-state index contributed by atoms with van der Waals surface area (Å²) in [6, 6.07) is 14.4. The predicted octanol–water partition coefficient (Wildman–Crippen LogP) is 4.64. The lowest BCUT2D eigenvalue weighted by molar-refractivity contribution is -0.138. The number of fused-ring (bicyclic) bond motifs is 2. The van der Waals surface area contributed by atoms with E-state index < -0.39 is 11.9 Å². The van der Waals surface area contributed by atoms with Crippen LogP contribution in [-0.4, -0.2) is 37.7 Å². The van der Waals surface area contributed by atoms with E-state index in [0.717, 1.165) is 29.6 Å². The van der Waals surface area contributed by atoms with Crippen molar-refractivity contribution >= 4 is 24.4 Å². The van der Waals surface area contributed by atoms with Crippen LogP contribution in [0.4, 0.5) is 0 Å². The Bertz CT molecular complexity index is 1830. The molecule has 2 aromatic heterocycles. The fourth-order valence-electron chi connectivity index (χ4n) is 5.48. The number of allylic oxidation sites excluding steroid dienone is 1. The van der Waals surface area contributed by atoms with E-state index in [-0.39, 0.29) is 17.8 Å². The maximum atomic E-state index is 13.2. The van der Waals surface area contributed by atoms with E-state index >= 15 is 0 Å². The monoisotopic (exact) mass is 552 g/mol. The topological polar surface area (TPSA) is 108 Å². The number of aldehydes is 1. The van der Waals surface area contributed by atoms with E-state index in [1.165, 1.54) is 0 Å². The summed E-state index contributed by atoms with van der Waals surface area (Å²) in [6.07, 6.45) is 4.90. The molecule has 208 valence electrons. The van der Waals surface area contributed by atoms with Crippen LogP contribution in [0.1, 0.15) is 52.6 Å². The molecule has 2 aromatic carbocycles. The first-order valence-electron chi connectivity index (χ1n) is 13.3. The van der Waals surface area contributed by atoms with Crippen LogP contribution in [0.2, 0.25) is 0 Å². The van der Waals surface area contributed by atoms with Crippen LogP contribution < -0.4 is 20.3 Å². The van der Waals surface area contributed by atoms with Gasteiger partial charge in [-0.1, -0.05) is 12.1 Å². The Labute approximate surface area is 235 Å². The molecular weight excluding hydrogens is 524 g/mol. The maximum Gasteiger partial charge on any atom is 0.335 e. The van der Waals surface area contributed by atoms with Gasteiger partial charge < -0.3 is 28.2 Å². The summed E-state index contributed by atoms with van der Waals surface area (Å²) >= 11 is 0. The zero-order valence-corrected chi connectivity index (χ0v) is 22.9. The quantitative estimate of drug-likeness (QED) is 0.261. The molecule has 0 bridgehead atoms. The molecule has 8 heteroatoms. The first kappa shape index (κ1) is 26.3. The van der Waals surface area contributed by atoms with Crippen LogP contribution in [0, 0.1) is 0 Å². The SMILES string of the molecule is CCOC(=O)C1=C(C)C=c2oc(=Cc3ccc(-c4cc(C=O)ccc4OC)o3)c(O)c2C1c1ccc2c(c1)OCC2. The van der Waals surface area contributed by atoms with E-state index in [0.29, 0.717) is 57.1 Å². The highest BCUT2D eigenvalue weighted by molar-refractivity contribution is 5.95. The molecule has 1 aliphatic heterocycles. The number of ether oxygens (including phenoxy) is 3. The number of furan rings is 2. The van der Waals surface area contributed by atoms with Crippen molar-refractivity contribution in [3.05, 3.63) is 98.5 Å². The molecule has 4 aromatic rings. The third-order valence-corrected chi connectivity index (χ3v) is 7.40. The van der Waals surface area contributed by atoms with Gasteiger partial charge in [0.15, 0.2) is 11.2 Å². The molecule has 2 aliphatic rings. The highest BCUT2D eigenvalue weighted by Gasteiger charge is 2.35. The molecule has 41 heavy (non-hydrogen) atoms. The molecule has 1 unspecified atom stereocenters. The summed E-state index contributed by atoms with van der Waals surface area (Å²) in [5.74, 6) is 1.04. The Kier molecular flexibility index (Phi) is 6.75. The fourth-order valence-corrected chi connectivity index (χ4v) is 5.48. The van der Waals surface area contributed by atoms with Gasteiger partial charge in [-0.3, -0.25) is 4.79 Å². The minimum absolute atomic E-state index is 0.101. The lowest BCUT2D eigenvalue weighted by atomic mass is 9.80. The van der Waals surface area contributed by atoms with Crippen LogP contribution in [0.25, 0.3) is 23.5 Å². The van der Waals surface area contributed by atoms with Crippen molar-refractivity contribution in [1.82, 2.24) is 0 Å². The van der Waals surface area contributed by atoms with E-state index in [1.807, 2.05) is 25.1 Å². The summed E-state index contributed by atoms with van der Waals surface area (Å²) in [7, 11) is 1.54. The first-order valence-corrected chi connectivity index (χ1v) is 13.3. The number of carbonyl (C=O) groups excluding carboxylic acids is 2. The molecule has 1 atom stereocenters. The van der Waals surface area contributed by atoms with Crippen molar-refractivity contribution in [2.75, 3.05) is 20.3 Å². The minimum Gasteiger partial charge on any atom is -0.504 e. The number of rotatable bonds is 7. The smallest absolute Gasteiger partial charge is 0.335 e. The molecule has 0 saturated heterocycles. The van der Waals surface area contributed by atoms with Crippen molar-refractivity contribution in [2.24, 2.45) is 0 Å². The second-order valence-electron chi connectivity index (χ2n) is 9.88. The molecule has 3 heterocycles. The molecule has 6 rings (SSSR count). The van der Waals surface area contributed by atoms with E-state index in [1.54, 1.807) is 56.5 Å². The van der Waals surface area contributed by atoms with Gasteiger partial charge in [0.2, 0.25) is 0 Å². The molecule has 0 saturated carbocycles. The number of hydrogen-bond donors (Lipinski definition) is 1. The zero-order chi connectivity index (χ0) is 28.7. The first-order chi connectivity index (χ1) is 19.9. The molecule has 1 aliphatic carbocycles. The Hall–Kier alpha value is -4.98. The summed E-state index contributed by atoms with van der Waals surface area (Å²) < 4.78 is 28.8. The van der Waals surface area contributed by atoms with Crippen LogP contribution in [0.5, 0.6) is 17.2 Å². The molecule has 8 nitrogen and oxygen atoms in total. The number of carbonyl (C=O) groups is 2. The van der Waals surface area contributed by atoms with Gasteiger partial charge in [-0.15, -0.1) is 0 Å². The summed E-state index contributed by atoms with van der Waals surface area (Å²) in [5.41, 5.74) is 5.20. The predicted molar refractivity (Wildman–Crippen MR) is 151 cm³/mol. The number of methoxy groups -OCH3 is 1. The Morgan fingerprint density at radius 1 is 1.12 bits per heavy atom. The van der Waals surface area contributed by atoms with Gasteiger partial charge >= 0.3 is 5.97 Å². The highest BCUT2D eigenvalue weighted by Crippen LogP contribution is 2.41. The van der Waals surface area contributed by atoms with Crippen molar-refractivity contribution in [3.63, 3.8) is 0 Å². The molecular formula is C33H28O8. The third-order valence-electron chi connectivity index (χ3n) is 7.40. The number of esters is 1. The largest absolute Gasteiger partial charge is 0.504 e. The standard InChI is InChI=1S/C33H28O8/c1-4-38-33(36)29-18(2)13-27-31(30(29)21-7-6-20-11-12-39-26(20)15-21)32(35)28(41-27)16-22-8-10-25(40-22)23-14-19(17-34)5-9-24(23)37-3/h5-10,13-17,30,35H,4,11-12H2,1-3H3. The fraction of sp³-hybridized carbons (Fsp3) is 0.212. The van der Waals surface area contributed by atoms with Gasteiger partial charge in [0, 0.05) is 24.0 Å². The van der Waals surface area contributed by atoms with E-state index in [4.69, 9.17) is 23.0 Å². The Balaban J connectivity index is 1.46. The third kappa shape index (κ3) is 4.61. The van der Waals surface area contributed by atoms with Gasteiger partial charge in [-0.25, -0.2) is 4.79 Å². The van der Waals surface area contributed by atoms with Crippen molar-refractivity contribution in [1.29, 1.82) is 0 Å². The van der Waals surface area contributed by atoms with Crippen LogP contribution in [0.3, 0.4) is 0 Å².